The fourth-order valence-electron chi connectivity index (χ4n) is 1.63. The summed E-state index contributed by atoms with van der Waals surface area (Å²) in [6.45, 7) is 2.50. The molecule has 0 amide bonds. The number of aliphatic hydroxyl groups is 1. The molecule has 2 rings (SSSR count). The first-order chi connectivity index (χ1) is 9.28. The molecule has 0 aromatic heterocycles. The van der Waals surface area contributed by atoms with Gasteiger partial charge in [-0.25, -0.2) is 0 Å². The summed E-state index contributed by atoms with van der Waals surface area (Å²) in [5.41, 5.74) is 3.27. The van der Waals surface area contributed by atoms with E-state index in [9.17, 15) is 0 Å². The summed E-state index contributed by atoms with van der Waals surface area (Å²) in [5.74, 6) is 6.27. The minimum atomic E-state index is -0.119. The molecule has 0 aliphatic rings. The highest BCUT2D eigenvalue weighted by atomic mass is 16.5. The van der Waals surface area contributed by atoms with Crippen molar-refractivity contribution in [2.45, 2.75) is 13.5 Å². The number of aryl methyl sites for hydroxylation is 1. The Kier molecular flexibility index (Phi) is 4.60. The van der Waals surface area contributed by atoms with Gasteiger partial charge in [0.2, 0.25) is 0 Å². The Hall–Kier alpha value is -2.24. The van der Waals surface area contributed by atoms with Gasteiger partial charge in [0.15, 0.2) is 0 Å². The van der Waals surface area contributed by atoms with Crippen molar-refractivity contribution in [1.29, 1.82) is 0 Å². The van der Waals surface area contributed by atoms with Crippen molar-refractivity contribution in [2.24, 2.45) is 0 Å². The van der Waals surface area contributed by atoms with Gasteiger partial charge in [-0.15, -0.1) is 0 Å². The van der Waals surface area contributed by atoms with Crippen LogP contribution in [0.4, 0.5) is 0 Å². The fourth-order valence-corrected chi connectivity index (χ4v) is 1.63. The third-order valence-electron chi connectivity index (χ3n) is 2.69. The Morgan fingerprint density at radius 3 is 2.32 bits per heavy atom. The van der Waals surface area contributed by atoms with Crippen molar-refractivity contribution in [2.75, 3.05) is 6.61 Å². The van der Waals surface area contributed by atoms with Gasteiger partial charge in [-0.1, -0.05) is 41.7 Å². The molecule has 0 aliphatic heterocycles. The van der Waals surface area contributed by atoms with Crippen LogP contribution in [0.3, 0.4) is 0 Å². The number of hydrogen-bond donors (Lipinski definition) is 1. The summed E-state index contributed by atoms with van der Waals surface area (Å²) >= 11 is 0. The molecule has 96 valence electrons. The van der Waals surface area contributed by atoms with Crippen LogP contribution in [0.1, 0.15) is 16.7 Å². The first-order valence-corrected chi connectivity index (χ1v) is 6.16. The van der Waals surface area contributed by atoms with Gasteiger partial charge >= 0.3 is 0 Å². The van der Waals surface area contributed by atoms with E-state index in [0.29, 0.717) is 6.61 Å². The molecule has 2 aromatic rings. The van der Waals surface area contributed by atoms with Crippen molar-refractivity contribution >= 4 is 0 Å². The summed E-state index contributed by atoms with van der Waals surface area (Å²) in [7, 11) is 0. The van der Waals surface area contributed by atoms with Gasteiger partial charge in [0.1, 0.15) is 19.0 Å². The Morgan fingerprint density at radius 2 is 1.68 bits per heavy atom. The highest BCUT2D eigenvalue weighted by molar-refractivity contribution is 5.38. The molecule has 0 unspecified atom stereocenters. The average molecular weight is 252 g/mol. The van der Waals surface area contributed by atoms with Gasteiger partial charge in [-0.3, -0.25) is 0 Å². The predicted molar refractivity (Wildman–Crippen MR) is 75.9 cm³/mol. The van der Waals surface area contributed by atoms with E-state index in [1.807, 2.05) is 24.3 Å². The van der Waals surface area contributed by atoms with E-state index in [2.05, 4.69) is 43.0 Å². The zero-order chi connectivity index (χ0) is 13.5. The summed E-state index contributed by atoms with van der Waals surface area (Å²) < 4.78 is 5.69. The Morgan fingerprint density at radius 1 is 1.00 bits per heavy atom. The Labute approximate surface area is 113 Å². The standard InChI is InChI=1S/C17H16O2/c1-14-4-6-16(7-5-14)13-19-17-10-8-15(9-11-17)3-2-12-18/h4-11,18H,12-13H2,1H3. The molecule has 0 fully saturated rings. The fraction of sp³-hybridized carbons (Fsp3) is 0.176. The van der Waals surface area contributed by atoms with Crippen molar-refractivity contribution in [1.82, 2.24) is 0 Å². The number of rotatable bonds is 3. The number of hydrogen-bond acceptors (Lipinski definition) is 2. The molecule has 0 heterocycles. The molecule has 0 aliphatic carbocycles. The van der Waals surface area contributed by atoms with Crippen molar-refractivity contribution in [3.8, 4) is 17.6 Å². The lowest BCUT2D eigenvalue weighted by atomic mass is 10.2. The van der Waals surface area contributed by atoms with E-state index < -0.39 is 0 Å². The van der Waals surface area contributed by atoms with Crippen molar-refractivity contribution < 1.29 is 9.84 Å². The van der Waals surface area contributed by atoms with Crippen LogP contribution in [0.25, 0.3) is 0 Å². The molecule has 2 heteroatoms. The van der Waals surface area contributed by atoms with Crippen LogP contribution in [-0.2, 0) is 6.61 Å². The van der Waals surface area contributed by atoms with Crippen LogP contribution in [0.5, 0.6) is 5.75 Å². The van der Waals surface area contributed by atoms with Crippen LogP contribution in [0, 0.1) is 18.8 Å². The lowest BCUT2D eigenvalue weighted by molar-refractivity contribution is 0.306. The van der Waals surface area contributed by atoms with Crippen LogP contribution in [-0.4, -0.2) is 11.7 Å². The molecule has 0 atom stereocenters. The average Bonchev–Trinajstić information content (AvgIpc) is 2.46. The monoisotopic (exact) mass is 252 g/mol. The lowest BCUT2D eigenvalue weighted by Crippen LogP contribution is -1.95. The maximum absolute atomic E-state index is 8.61. The SMILES string of the molecule is Cc1ccc(COc2ccc(C#CCO)cc2)cc1. The van der Waals surface area contributed by atoms with Gasteiger partial charge in [0.05, 0.1) is 0 Å². The van der Waals surface area contributed by atoms with Gasteiger partial charge in [0, 0.05) is 5.56 Å². The zero-order valence-corrected chi connectivity index (χ0v) is 10.9. The summed E-state index contributed by atoms with van der Waals surface area (Å²) in [4.78, 5) is 0. The molecule has 2 nitrogen and oxygen atoms in total. The highest BCUT2D eigenvalue weighted by Gasteiger charge is 1.96. The van der Waals surface area contributed by atoms with Gasteiger partial charge in [0.25, 0.3) is 0 Å². The molecule has 0 saturated carbocycles. The molecule has 0 spiro atoms. The highest BCUT2D eigenvalue weighted by Crippen LogP contribution is 2.14. The lowest BCUT2D eigenvalue weighted by Gasteiger charge is -2.06. The molecule has 0 bridgehead atoms. The second-order valence-corrected chi connectivity index (χ2v) is 4.26. The van der Waals surface area contributed by atoms with E-state index in [1.165, 1.54) is 5.56 Å². The maximum atomic E-state index is 8.61. The number of aliphatic hydroxyl groups excluding tert-OH is 1. The Bertz CT molecular complexity index is 571. The molecular weight excluding hydrogens is 236 g/mol. The molecule has 1 N–H and O–H groups in total. The first kappa shape index (κ1) is 13.2. The second kappa shape index (κ2) is 6.63. The molecule has 19 heavy (non-hydrogen) atoms. The van der Waals surface area contributed by atoms with E-state index in [0.717, 1.165) is 16.9 Å². The largest absolute Gasteiger partial charge is 0.489 e. The second-order valence-electron chi connectivity index (χ2n) is 4.26. The first-order valence-electron chi connectivity index (χ1n) is 6.16. The third-order valence-corrected chi connectivity index (χ3v) is 2.69. The van der Waals surface area contributed by atoms with Crippen LogP contribution < -0.4 is 4.74 Å². The molecule has 2 aromatic carbocycles. The maximum Gasteiger partial charge on any atom is 0.119 e. The zero-order valence-electron chi connectivity index (χ0n) is 10.9. The van der Waals surface area contributed by atoms with E-state index >= 15 is 0 Å². The van der Waals surface area contributed by atoms with Crippen molar-refractivity contribution in [3.05, 3.63) is 65.2 Å². The van der Waals surface area contributed by atoms with E-state index in [1.54, 1.807) is 0 Å². The molecular formula is C17H16O2. The van der Waals surface area contributed by atoms with Crippen LogP contribution in [0.2, 0.25) is 0 Å². The van der Waals surface area contributed by atoms with Crippen LogP contribution >= 0.6 is 0 Å². The smallest absolute Gasteiger partial charge is 0.119 e. The topological polar surface area (TPSA) is 29.5 Å². The number of ether oxygens (including phenoxy) is 1. The normalized spacial score (nSPS) is 9.58. The molecule has 0 radical (unpaired) electrons. The minimum Gasteiger partial charge on any atom is -0.489 e. The van der Waals surface area contributed by atoms with Gasteiger partial charge in [-0.2, -0.15) is 0 Å². The van der Waals surface area contributed by atoms with E-state index in [4.69, 9.17) is 9.84 Å². The summed E-state index contributed by atoms with van der Waals surface area (Å²) in [6.07, 6.45) is 0. The van der Waals surface area contributed by atoms with Crippen LogP contribution in [0.15, 0.2) is 48.5 Å². The van der Waals surface area contributed by atoms with E-state index in [-0.39, 0.29) is 6.61 Å². The predicted octanol–water partition coefficient (Wildman–Crippen LogP) is 2.92. The Balaban J connectivity index is 1.94. The summed E-state index contributed by atoms with van der Waals surface area (Å²) in [5, 5.41) is 8.61. The minimum absolute atomic E-state index is 0.119. The van der Waals surface area contributed by atoms with Crippen molar-refractivity contribution in [3.63, 3.8) is 0 Å². The third kappa shape index (κ3) is 4.17. The quantitative estimate of drug-likeness (QED) is 0.851. The van der Waals surface area contributed by atoms with Gasteiger partial charge < -0.3 is 9.84 Å². The molecule has 0 saturated heterocycles. The van der Waals surface area contributed by atoms with Gasteiger partial charge in [-0.05, 0) is 36.8 Å². The summed E-state index contributed by atoms with van der Waals surface area (Å²) in [6, 6.07) is 15.8. The number of benzene rings is 2.